The fourth-order valence-corrected chi connectivity index (χ4v) is 6.66. The molecule has 5 rings (SSSR count). The van der Waals surface area contributed by atoms with Crippen molar-refractivity contribution in [1.29, 1.82) is 0 Å². The van der Waals surface area contributed by atoms with Gasteiger partial charge >= 0.3 is 0 Å². The Morgan fingerprint density at radius 1 is 1.12 bits per heavy atom. The van der Waals surface area contributed by atoms with Crippen molar-refractivity contribution in [3.05, 3.63) is 47.8 Å². The number of hydrogen-bond acceptors (Lipinski definition) is 8. The van der Waals surface area contributed by atoms with Crippen molar-refractivity contribution in [3.8, 4) is 5.69 Å². The Bertz CT molecular complexity index is 1430. The molecule has 0 bridgehead atoms. The first-order chi connectivity index (χ1) is 19.2. The maximum Gasteiger partial charge on any atom is 0.239 e. The van der Waals surface area contributed by atoms with Crippen LogP contribution in [0, 0.1) is 5.92 Å². The van der Waals surface area contributed by atoms with Gasteiger partial charge in [0.2, 0.25) is 15.9 Å². The molecular formula is C29H40N6O4S. The van der Waals surface area contributed by atoms with Gasteiger partial charge in [0.15, 0.2) is 5.65 Å². The van der Waals surface area contributed by atoms with Gasteiger partial charge in [-0.2, -0.15) is 5.10 Å². The predicted octanol–water partition coefficient (Wildman–Crippen LogP) is 3.10. The van der Waals surface area contributed by atoms with Gasteiger partial charge in [0, 0.05) is 39.3 Å². The fraction of sp³-hybridized carbons (Fsp3) is 0.552. The van der Waals surface area contributed by atoms with E-state index in [2.05, 4.69) is 9.62 Å². The molecule has 40 heavy (non-hydrogen) atoms. The lowest BCUT2D eigenvalue weighted by molar-refractivity contribution is -0.118. The number of para-hydroxylation sites is 1. The molecule has 216 valence electrons. The van der Waals surface area contributed by atoms with Crippen molar-refractivity contribution in [2.24, 2.45) is 5.92 Å². The van der Waals surface area contributed by atoms with E-state index in [0.29, 0.717) is 29.7 Å². The van der Waals surface area contributed by atoms with E-state index >= 15 is 0 Å². The topological polar surface area (TPSA) is 110 Å². The maximum atomic E-state index is 12.9. The molecule has 0 unspecified atom stereocenters. The molecular weight excluding hydrogens is 528 g/mol. The van der Waals surface area contributed by atoms with E-state index in [1.54, 1.807) is 26.1 Å². The summed E-state index contributed by atoms with van der Waals surface area (Å²) in [6.07, 6.45) is 5.29. The van der Waals surface area contributed by atoms with Gasteiger partial charge in [-0.25, -0.2) is 18.1 Å². The van der Waals surface area contributed by atoms with Crippen LogP contribution in [0.3, 0.4) is 0 Å². The summed E-state index contributed by atoms with van der Waals surface area (Å²) in [6.45, 7) is 2.83. The number of fused-ring (bicyclic) bond motifs is 1. The van der Waals surface area contributed by atoms with Crippen LogP contribution in [0.25, 0.3) is 16.7 Å². The van der Waals surface area contributed by atoms with Crippen LogP contribution in [0.1, 0.15) is 49.4 Å². The molecule has 0 radical (unpaired) electrons. The highest BCUT2D eigenvalue weighted by molar-refractivity contribution is 7.90. The minimum absolute atomic E-state index is 0.136. The summed E-state index contributed by atoms with van der Waals surface area (Å²) in [6, 6.07) is 11.9. The number of benzene rings is 1. The molecule has 11 heteroatoms. The molecule has 2 fully saturated rings. The number of carbonyl (C=O) groups excluding carboxylic acids is 1. The van der Waals surface area contributed by atoms with Gasteiger partial charge in [0.25, 0.3) is 0 Å². The van der Waals surface area contributed by atoms with Crippen LogP contribution in [0.15, 0.2) is 36.4 Å². The van der Waals surface area contributed by atoms with Crippen LogP contribution in [0.4, 0.5) is 5.69 Å². The number of aromatic nitrogens is 3. The van der Waals surface area contributed by atoms with Gasteiger partial charge in [-0.1, -0.05) is 24.6 Å². The van der Waals surface area contributed by atoms with Crippen LogP contribution in [-0.4, -0.2) is 87.2 Å². The Morgan fingerprint density at radius 3 is 2.48 bits per heavy atom. The van der Waals surface area contributed by atoms with E-state index in [1.165, 1.54) is 6.42 Å². The Hall–Kier alpha value is -3.02. The van der Waals surface area contributed by atoms with Crippen LogP contribution >= 0.6 is 0 Å². The molecule has 1 aromatic carbocycles. The largest absolute Gasteiger partial charge is 0.384 e. The van der Waals surface area contributed by atoms with Gasteiger partial charge in [-0.05, 0) is 63.9 Å². The van der Waals surface area contributed by atoms with Crippen molar-refractivity contribution in [1.82, 2.24) is 24.4 Å². The number of nitrogens with one attached hydrogen (secondary N) is 1. The number of piperidine rings is 1. The van der Waals surface area contributed by atoms with Gasteiger partial charge < -0.3 is 14.5 Å². The second kappa shape index (κ2) is 12.2. The summed E-state index contributed by atoms with van der Waals surface area (Å²) in [5.74, 6) is 0.176. The number of sulfonamides is 1. The standard InChI is InChI=1S/C29H40N6O4S/c1-33(2)16-17-40(37,38)32-26(36)19-23-18-25(34-14-12-21(13-15-34)20-39-3)27-28(22-8-7-9-22)31-35(29(27)30-23)24-10-5-4-6-11-24/h4-6,10-11,18,21-22H,7-9,12-17,19-20H2,1-3H3,(H,32,36). The lowest BCUT2D eigenvalue weighted by atomic mass is 9.81. The van der Waals surface area contributed by atoms with E-state index < -0.39 is 15.9 Å². The first-order valence-corrected chi connectivity index (χ1v) is 15.8. The van der Waals surface area contributed by atoms with E-state index in [9.17, 15) is 13.2 Å². The summed E-state index contributed by atoms with van der Waals surface area (Å²) >= 11 is 0. The number of nitrogens with zero attached hydrogens (tertiary/aromatic N) is 5. The Labute approximate surface area is 236 Å². The van der Waals surface area contributed by atoms with Crippen LogP contribution in [0.5, 0.6) is 0 Å². The number of hydrogen-bond donors (Lipinski definition) is 1. The van der Waals surface area contributed by atoms with Crippen molar-refractivity contribution in [3.63, 3.8) is 0 Å². The number of rotatable bonds is 11. The SMILES string of the molecule is COCC1CCN(c2cc(CC(=O)NS(=O)(=O)CCN(C)C)nc3c2c(C2CCC2)nn3-c2ccccc2)CC1. The second-order valence-electron chi connectivity index (χ2n) is 11.3. The molecule has 2 aromatic heterocycles. The fourth-order valence-electron chi connectivity index (χ4n) is 5.53. The molecule has 1 aliphatic carbocycles. The van der Waals surface area contributed by atoms with Crippen LogP contribution in [0.2, 0.25) is 0 Å². The third kappa shape index (κ3) is 6.47. The summed E-state index contributed by atoms with van der Waals surface area (Å²) in [5, 5.41) is 6.15. The van der Waals surface area contributed by atoms with Gasteiger partial charge in [0.1, 0.15) is 0 Å². The van der Waals surface area contributed by atoms with Crippen molar-refractivity contribution in [2.75, 3.05) is 58.1 Å². The quantitative estimate of drug-likeness (QED) is 0.376. The minimum atomic E-state index is -3.74. The predicted molar refractivity (Wildman–Crippen MR) is 156 cm³/mol. The van der Waals surface area contributed by atoms with E-state index in [-0.39, 0.29) is 12.2 Å². The lowest BCUT2D eigenvalue weighted by Crippen LogP contribution is -2.37. The van der Waals surface area contributed by atoms with Gasteiger partial charge in [-0.3, -0.25) is 9.52 Å². The normalized spacial score (nSPS) is 16.9. The number of carbonyl (C=O) groups is 1. The van der Waals surface area contributed by atoms with Crippen LogP contribution < -0.4 is 9.62 Å². The summed E-state index contributed by atoms with van der Waals surface area (Å²) in [4.78, 5) is 22.0. The Morgan fingerprint density at radius 2 is 1.85 bits per heavy atom. The second-order valence-corrected chi connectivity index (χ2v) is 13.1. The molecule has 1 saturated heterocycles. The van der Waals surface area contributed by atoms with E-state index in [1.807, 2.05) is 41.1 Å². The molecule has 1 N–H and O–H groups in total. The highest BCUT2D eigenvalue weighted by Gasteiger charge is 2.31. The molecule has 1 amide bonds. The Balaban J connectivity index is 1.54. The molecule has 1 saturated carbocycles. The monoisotopic (exact) mass is 568 g/mol. The zero-order valence-corrected chi connectivity index (χ0v) is 24.5. The highest BCUT2D eigenvalue weighted by Crippen LogP contribution is 2.43. The number of ether oxygens (including phenoxy) is 1. The number of pyridine rings is 1. The third-order valence-corrected chi connectivity index (χ3v) is 9.22. The first kappa shape index (κ1) is 28.5. The Kier molecular flexibility index (Phi) is 8.72. The zero-order valence-electron chi connectivity index (χ0n) is 23.7. The third-order valence-electron chi connectivity index (χ3n) is 7.97. The average molecular weight is 569 g/mol. The van der Waals surface area contributed by atoms with Crippen molar-refractivity contribution >= 4 is 32.7 Å². The average Bonchev–Trinajstić information content (AvgIpc) is 3.26. The molecule has 2 aliphatic rings. The number of methoxy groups -OCH3 is 1. The summed E-state index contributed by atoms with van der Waals surface area (Å²) in [7, 11) is 1.60. The molecule has 1 aliphatic heterocycles. The molecule has 3 aromatic rings. The summed E-state index contributed by atoms with van der Waals surface area (Å²) in [5.41, 5.74) is 4.24. The molecule has 0 atom stereocenters. The number of anilines is 1. The van der Waals surface area contributed by atoms with E-state index in [4.69, 9.17) is 14.8 Å². The first-order valence-electron chi connectivity index (χ1n) is 14.1. The lowest BCUT2D eigenvalue weighted by Gasteiger charge is -2.34. The minimum Gasteiger partial charge on any atom is -0.384 e. The molecule has 10 nitrogen and oxygen atoms in total. The molecule has 3 heterocycles. The number of amides is 1. The van der Waals surface area contributed by atoms with Gasteiger partial charge in [0.05, 0.1) is 40.3 Å². The van der Waals surface area contributed by atoms with E-state index in [0.717, 1.165) is 67.8 Å². The van der Waals surface area contributed by atoms with Crippen LogP contribution in [-0.2, 0) is 26.0 Å². The zero-order chi connectivity index (χ0) is 28.3. The smallest absolute Gasteiger partial charge is 0.239 e. The maximum absolute atomic E-state index is 12.9. The molecule has 0 spiro atoms. The van der Waals surface area contributed by atoms with Crippen molar-refractivity contribution < 1.29 is 17.9 Å². The van der Waals surface area contributed by atoms with Crippen molar-refractivity contribution in [2.45, 2.75) is 44.4 Å². The highest BCUT2D eigenvalue weighted by atomic mass is 32.2. The summed E-state index contributed by atoms with van der Waals surface area (Å²) < 4.78 is 34.5. The van der Waals surface area contributed by atoms with Gasteiger partial charge in [-0.15, -0.1) is 0 Å².